The number of aliphatic hydroxyl groups is 1. The molecule has 0 bridgehead atoms. The summed E-state index contributed by atoms with van der Waals surface area (Å²) in [4.78, 5) is 12.8. The van der Waals surface area contributed by atoms with E-state index >= 15 is 0 Å². The average molecular weight is 223 g/mol. The van der Waals surface area contributed by atoms with E-state index in [1.807, 2.05) is 30.3 Å². The minimum atomic E-state index is -0.744. The zero-order valence-electron chi connectivity index (χ0n) is 9.75. The summed E-state index contributed by atoms with van der Waals surface area (Å²) in [5.41, 5.74) is 0.785. The van der Waals surface area contributed by atoms with Crippen LogP contribution in [0.3, 0.4) is 0 Å². The molecule has 0 radical (unpaired) electrons. The van der Waals surface area contributed by atoms with Gasteiger partial charge < -0.3 is 14.7 Å². The quantitative estimate of drug-likeness (QED) is 0.850. The van der Waals surface area contributed by atoms with Crippen LogP contribution in [-0.4, -0.2) is 36.3 Å². The van der Waals surface area contributed by atoms with Crippen LogP contribution in [0.4, 0.5) is 4.79 Å². The molecule has 0 spiro atoms. The Hall–Kier alpha value is -1.55. The molecule has 0 heterocycles. The molecule has 0 aliphatic heterocycles. The van der Waals surface area contributed by atoms with Gasteiger partial charge in [-0.05, 0) is 12.5 Å². The lowest BCUT2D eigenvalue weighted by atomic mass is 10.1. The molecule has 88 valence electrons. The van der Waals surface area contributed by atoms with Crippen molar-refractivity contribution < 1.29 is 14.6 Å². The molecule has 1 aromatic rings. The van der Waals surface area contributed by atoms with Crippen LogP contribution in [0.2, 0.25) is 0 Å². The van der Waals surface area contributed by atoms with Crippen molar-refractivity contribution in [1.29, 1.82) is 0 Å². The van der Waals surface area contributed by atoms with Gasteiger partial charge in [-0.1, -0.05) is 30.3 Å². The number of amides is 1. The van der Waals surface area contributed by atoms with Crippen molar-refractivity contribution in [2.45, 2.75) is 19.1 Å². The maximum atomic E-state index is 11.4. The zero-order valence-corrected chi connectivity index (χ0v) is 9.75. The molecular formula is C12H17NO3. The maximum Gasteiger partial charge on any atom is 0.409 e. The fraction of sp³-hybridized carbons (Fsp3) is 0.417. The summed E-state index contributed by atoms with van der Waals surface area (Å²) < 4.78 is 5.20. The van der Waals surface area contributed by atoms with E-state index in [-0.39, 0.29) is 0 Å². The monoisotopic (exact) mass is 223 g/mol. The number of hydrogen-bond donors (Lipinski definition) is 1. The molecule has 4 heteroatoms. The summed E-state index contributed by atoms with van der Waals surface area (Å²) in [6.45, 7) is 1.60. The van der Waals surface area contributed by atoms with Gasteiger partial charge in [0, 0.05) is 14.1 Å². The predicted molar refractivity (Wildman–Crippen MR) is 61.0 cm³/mol. The molecule has 0 aromatic heterocycles. The fourth-order valence-corrected chi connectivity index (χ4v) is 1.30. The van der Waals surface area contributed by atoms with E-state index in [4.69, 9.17) is 4.74 Å². The highest BCUT2D eigenvalue weighted by Gasteiger charge is 2.22. The minimum absolute atomic E-state index is 0.463. The molecule has 1 rings (SSSR count). The van der Waals surface area contributed by atoms with Crippen LogP contribution in [-0.2, 0) is 4.74 Å². The summed E-state index contributed by atoms with van der Waals surface area (Å²) in [6.07, 6.45) is -1.84. The molecule has 1 aromatic carbocycles. The van der Waals surface area contributed by atoms with Gasteiger partial charge in [0.25, 0.3) is 0 Å². The maximum absolute atomic E-state index is 11.4. The Morgan fingerprint density at radius 2 is 1.88 bits per heavy atom. The first-order valence-electron chi connectivity index (χ1n) is 5.13. The van der Waals surface area contributed by atoms with Crippen LogP contribution < -0.4 is 0 Å². The van der Waals surface area contributed by atoms with Gasteiger partial charge in [0.2, 0.25) is 0 Å². The summed E-state index contributed by atoms with van der Waals surface area (Å²) >= 11 is 0. The van der Waals surface area contributed by atoms with Crippen LogP contribution in [0, 0.1) is 0 Å². The summed E-state index contributed by atoms with van der Waals surface area (Å²) in [6, 6.07) is 9.19. The fourth-order valence-electron chi connectivity index (χ4n) is 1.30. The molecule has 4 nitrogen and oxygen atoms in total. The Bertz CT molecular complexity index is 335. The molecule has 16 heavy (non-hydrogen) atoms. The van der Waals surface area contributed by atoms with Crippen LogP contribution in [0.1, 0.15) is 18.6 Å². The van der Waals surface area contributed by atoms with Gasteiger partial charge in [-0.3, -0.25) is 0 Å². The molecule has 1 unspecified atom stereocenters. The molecule has 0 saturated heterocycles. The van der Waals surface area contributed by atoms with Crippen molar-refractivity contribution in [3.05, 3.63) is 35.9 Å². The molecule has 0 aliphatic carbocycles. The molecule has 0 saturated carbocycles. The lowest BCUT2D eigenvalue weighted by Crippen LogP contribution is -2.28. The van der Waals surface area contributed by atoms with Crippen molar-refractivity contribution in [3.8, 4) is 0 Å². The molecule has 1 amide bonds. The topological polar surface area (TPSA) is 49.8 Å². The van der Waals surface area contributed by atoms with Crippen molar-refractivity contribution >= 4 is 6.09 Å². The first kappa shape index (κ1) is 12.5. The first-order valence-corrected chi connectivity index (χ1v) is 5.13. The highest BCUT2D eigenvalue weighted by molar-refractivity contribution is 5.67. The molecule has 2 atom stereocenters. The average Bonchev–Trinajstić information content (AvgIpc) is 2.26. The number of ether oxygens (including phenoxy) is 1. The highest BCUT2D eigenvalue weighted by Crippen LogP contribution is 2.21. The van der Waals surface area contributed by atoms with E-state index in [1.165, 1.54) is 4.90 Å². The van der Waals surface area contributed by atoms with E-state index in [1.54, 1.807) is 21.0 Å². The Morgan fingerprint density at radius 3 is 2.31 bits per heavy atom. The third-order valence-corrected chi connectivity index (χ3v) is 2.16. The van der Waals surface area contributed by atoms with E-state index < -0.39 is 18.3 Å². The first-order chi connectivity index (χ1) is 7.52. The molecular weight excluding hydrogens is 206 g/mol. The molecule has 0 fully saturated rings. The van der Waals surface area contributed by atoms with Gasteiger partial charge >= 0.3 is 6.09 Å². The normalized spacial score (nSPS) is 14.0. The molecule has 1 N–H and O–H groups in total. The third kappa shape index (κ3) is 3.24. The second-order valence-electron chi connectivity index (χ2n) is 3.85. The lowest BCUT2D eigenvalue weighted by molar-refractivity contribution is -0.000162. The number of hydrogen-bond acceptors (Lipinski definition) is 3. The smallest absolute Gasteiger partial charge is 0.409 e. The van der Waals surface area contributed by atoms with Crippen LogP contribution in [0.25, 0.3) is 0 Å². The largest absolute Gasteiger partial charge is 0.438 e. The standard InChI is InChI=1S/C12H17NO3/c1-9(14)11(16-12(15)13(2)3)10-7-5-4-6-8-10/h4-9,11,14H,1-3H3/t9?,11-/m0/s1. The van der Waals surface area contributed by atoms with E-state index in [2.05, 4.69) is 0 Å². The van der Waals surface area contributed by atoms with Crippen LogP contribution in [0.15, 0.2) is 30.3 Å². The van der Waals surface area contributed by atoms with Gasteiger partial charge in [-0.2, -0.15) is 0 Å². The lowest BCUT2D eigenvalue weighted by Gasteiger charge is -2.22. The van der Waals surface area contributed by atoms with Crippen molar-refractivity contribution in [1.82, 2.24) is 4.90 Å². The number of carbonyl (C=O) groups is 1. The van der Waals surface area contributed by atoms with Crippen molar-refractivity contribution in [3.63, 3.8) is 0 Å². The van der Waals surface area contributed by atoms with Gasteiger partial charge in [0.1, 0.15) is 0 Å². The minimum Gasteiger partial charge on any atom is -0.438 e. The number of nitrogens with zero attached hydrogens (tertiary/aromatic N) is 1. The van der Waals surface area contributed by atoms with E-state index in [0.29, 0.717) is 0 Å². The van der Waals surface area contributed by atoms with Crippen molar-refractivity contribution in [2.75, 3.05) is 14.1 Å². The van der Waals surface area contributed by atoms with Gasteiger partial charge in [0.15, 0.2) is 6.10 Å². The predicted octanol–water partition coefficient (Wildman–Crippen LogP) is 1.81. The van der Waals surface area contributed by atoms with Crippen molar-refractivity contribution in [2.24, 2.45) is 0 Å². The number of benzene rings is 1. The third-order valence-electron chi connectivity index (χ3n) is 2.16. The Balaban J connectivity index is 2.81. The number of rotatable bonds is 3. The second kappa shape index (κ2) is 5.51. The highest BCUT2D eigenvalue weighted by atomic mass is 16.6. The number of aliphatic hydroxyl groups excluding tert-OH is 1. The summed E-state index contributed by atoms with van der Waals surface area (Å²) in [7, 11) is 3.21. The Labute approximate surface area is 95.5 Å². The van der Waals surface area contributed by atoms with E-state index in [9.17, 15) is 9.90 Å². The van der Waals surface area contributed by atoms with E-state index in [0.717, 1.165) is 5.56 Å². The SMILES string of the molecule is CC(O)[C@H](OC(=O)N(C)C)c1ccccc1. The Kier molecular flexibility index (Phi) is 4.31. The zero-order chi connectivity index (χ0) is 12.1. The van der Waals surface area contributed by atoms with Crippen LogP contribution >= 0.6 is 0 Å². The summed E-state index contributed by atoms with van der Waals surface area (Å²) in [5, 5.41) is 9.60. The number of carbonyl (C=O) groups excluding carboxylic acids is 1. The van der Waals surface area contributed by atoms with Gasteiger partial charge in [0.05, 0.1) is 6.10 Å². The Morgan fingerprint density at radius 1 is 1.31 bits per heavy atom. The molecule has 0 aliphatic rings. The summed E-state index contributed by atoms with van der Waals surface area (Å²) in [5.74, 6) is 0. The van der Waals surface area contributed by atoms with Gasteiger partial charge in [-0.15, -0.1) is 0 Å². The van der Waals surface area contributed by atoms with Crippen LogP contribution in [0.5, 0.6) is 0 Å². The second-order valence-corrected chi connectivity index (χ2v) is 3.85. The van der Waals surface area contributed by atoms with Gasteiger partial charge in [-0.25, -0.2) is 4.79 Å².